The van der Waals surface area contributed by atoms with Crippen LogP contribution in [-0.4, -0.2) is 29.4 Å². The molecule has 0 saturated carbocycles. The number of esters is 1. The van der Waals surface area contributed by atoms with Gasteiger partial charge in [0, 0.05) is 6.20 Å². The van der Waals surface area contributed by atoms with Crippen LogP contribution in [0.3, 0.4) is 0 Å². The monoisotopic (exact) mass is 307 g/mol. The average molecular weight is 308 g/mol. The third-order valence-electron chi connectivity index (χ3n) is 1.78. The molecule has 0 aliphatic rings. The molecule has 1 aromatic heterocycles. The molecule has 0 bridgehead atoms. The summed E-state index contributed by atoms with van der Waals surface area (Å²) in [6.45, 7) is 0. The third-order valence-corrected chi connectivity index (χ3v) is 2.01. The fraction of sp³-hybridized carbons (Fsp3) is 0.333. The first-order chi connectivity index (χ1) is 8.51. The van der Waals surface area contributed by atoms with Crippen LogP contribution in [-0.2, 0) is 4.74 Å². The molecule has 0 aliphatic heterocycles. The summed E-state index contributed by atoms with van der Waals surface area (Å²) in [5.74, 6) is -1.80. The maximum Gasteiger partial charge on any atom is 0.434 e. The zero-order chi connectivity index (χ0) is 14.8. The number of rotatable bonds is 2. The molecule has 1 aromatic rings. The number of nitrogens with zero attached hydrogens (tertiary/aromatic N) is 1. The van der Waals surface area contributed by atoms with E-state index in [1.165, 1.54) is 0 Å². The maximum atomic E-state index is 12.1. The first-order valence-electron chi connectivity index (χ1n) is 4.48. The fourth-order valence-electron chi connectivity index (χ4n) is 0.991. The number of halogens is 7. The highest BCUT2D eigenvalue weighted by molar-refractivity contribution is 6.29. The molecule has 0 N–H and O–H groups in total. The summed E-state index contributed by atoms with van der Waals surface area (Å²) < 4.78 is 76.2. The van der Waals surface area contributed by atoms with Crippen LogP contribution in [0.4, 0.5) is 26.3 Å². The van der Waals surface area contributed by atoms with Crippen molar-refractivity contribution in [1.29, 1.82) is 0 Å². The molecule has 10 heteroatoms. The third kappa shape index (κ3) is 4.27. The second-order valence-electron chi connectivity index (χ2n) is 3.24. The van der Waals surface area contributed by atoms with Crippen LogP contribution < -0.4 is 0 Å². The SMILES string of the molecule is O=C(OC(C(F)(F)F)C(F)(F)F)c1ccc(Cl)nc1. The molecule has 0 amide bonds. The molecule has 0 spiro atoms. The Kier molecular flexibility index (Phi) is 4.28. The molecule has 3 nitrogen and oxygen atoms in total. The quantitative estimate of drug-likeness (QED) is 0.478. The van der Waals surface area contributed by atoms with Crippen molar-refractivity contribution in [2.24, 2.45) is 0 Å². The van der Waals surface area contributed by atoms with Gasteiger partial charge in [-0.05, 0) is 12.1 Å². The van der Waals surface area contributed by atoms with Gasteiger partial charge in [0.2, 0.25) is 0 Å². The zero-order valence-corrected chi connectivity index (χ0v) is 9.47. The van der Waals surface area contributed by atoms with Crippen LogP contribution in [0.15, 0.2) is 18.3 Å². The van der Waals surface area contributed by atoms with Gasteiger partial charge < -0.3 is 4.74 Å². The number of aromatic nitrogens is 1. The van der Waals surface area contributed by atoms with E-state index < -0.39 is 30.0 Å². The summed E-state index contributed by atoms with van der Waals surface area (Å²) in [5.41, 5.74) is -0.581. The van der Waals surface area contributed by atoms with Crippen molar-refractivity contribution in [2.45, 2.75) is 18.5 Å². The zero-order valence-electron chi connectivity index (χ0n) is 8.72. The van der Waals surface area contributed by atoms with Crippen molar-refractivity contribution < 1.29 is 35.9 Å². The van der Waals surface area contributed by atoms with Gasteiger partial charge in [0.15, 0.2) is 0 Å². The molecule has 0 saturated heterocycles. The number of ether oxygens (including phenoxy) is 1. The van der Waals surface area contributed by atoms with Gasteiger partial charge in [0.1, 0.15) is 5.15 Å². The summed E-state index contributed by atoms with van der Waals surface area (Å²) >= 11 is 5.34. The van der Waals surface area contributed by atoms with E-state index in [0.717, 1.165) is 12.1 Å². The number of hydrogen-bond donors (Lipinski definition) is 0. The largest absolute Gasteiger partial charge is 0.439 e. The number of alkyl halides is 6. The lowest BCUT2D eigenvalue weighted by Crippen LogP contribution is -2.45. The highest BCUT2D eigenvalue weighted by atomic mass is 35.5. The molecule has 0 radical (unpaired) electrons. The maximum absolute atomic E-state index is 12.1. The van der Waals surface area contributed by atoms with Crippen LogP contribution in [0.1, 0.15) is 10.4 Å². The van der Waals surface area contributed by atoms with E-state index in [1.807, 2.05) is 0 Å². The standard InChI is InChI=1S/C9H4ClF6NO2/c10-5-2-1-4(3-17-5)6(18)19-7(8(11,12)13)9(14,15)16/h1-3,7H. The number of carbonyl (C=O) groups excluding carboxylic acids is 1. The Hall–Kier alpha value is -1.51. The molecule has 1 heterocycles. The second kappa shape index (κ2) is 5.24. The minimum atomic E-state index is -5.76. The molecule has 106 valence electrons. The molecular weight excluding hydrogens is 304 g/mol. The van der Waals surface area contributed by atoms with Crippen LogP contribution in [0, 0.1) is 0 Å². The minimum absolute atomic E-state index is 0.0836. The van der Waals surface area contributed by atoms with Gasteiger partial charge in [-0.2, -0.15) is 26.3 Å². The molecule has 19 heavy (non-hydrogen) atoms. The van der Waals surface area contributed by atoms with Crippen LogP contribution in [0.2, 0.25) is 5.15 Å². The average Bonchev–Trinajstić information content (AvgIpc) is 2.23. The first-order valence-corrected chi connectivity index (χ1v) is 4.85. The Bertz CT molecular complexity index is 441. The Balaban J connectivity index is 2.92. The van der Waals surface area contributed by atoms with Crippen molar-refractivity contribution in [3.8, 4) is 0 Å². The lowest BCUT2D eigenvalue weighted by Gasteiger charge is -2.22. The van der Waals surface area contributed by atoms with Crippen molar-refractivity contribution in [1.82, 2.24) is 4.98 Å². The predicted octanol–water partition coefficient (Wildman–Crippen LogP) is 3.39. The number of pyridine rings is 1. The molecular formula is C9H4ClF6NO2. The summed E-state index contributed by atoms with van der Waals surface area (Å²) in [7, 11) is 0. The molecule has 0 unspecified atom stereocenters. The highest BCUT2D eigenvalue weighted by Crippen LogP contribution is 2.36. The molecule has 1 rings (SSSR count). The second-order valence-corrected chi connectivity index (χ2v) is 3.63. The van der Waals surface area contributed by atoms with Gasteiger partial charge in [-0.3, -0.25) is 0 Å². The van der Waals surface area contributed by atoms with Crippen molar-refractivity contribution in [2.75, 3.05) is 0 Å². The molecule has 0 aliphatic carbocycles. The molecule has 0 atom stereocenters. The van der Waals surface area contributed by atoms with E-state index in [2.05, 4.69) is 9.72 Å². The summed E-state index contributed by atoms with van der Waals surface area (Å²) in [5, 5.41) is -0.0836. The summed E-state index contributed by atoms with van der Waals surface area (Å²) in [6.07, 6.45) is -15.0. The Morgan fingerprint density at radius 1 is 1.16 bits per heavy atom. The number of hydrogen-bond acceptors (Lipinski definition) is 3. The Labute approximate surface area is 107 Å². The van der Waals surface area contributed by atoms with Gasteiger partial charge in [-0.1, -0.05) is 11.6 Å². The van der Waals surface area contributed by atoms with Crippen LogP contribution >= 0.6 is 11.6 Å². The van der Waals surface area contributed by atoms with Crippen LogP contribution in [0.25, 0.3) is 0 Å². The van der Waals surface area contributed by atoms with E-state index in [1.54, 1.807) is 0 Å². The van der Waals surface area contributed by atoms with Gasteiger partial charge >= 0.3 is 18.3 Å². The topological polar surface area (TPSA) is 39.2 Å². The fourth-order valence-corrected chi connectivity index (χ4v) is 1.10. The normalized spacial score (nSPS) is 12.6. The van der Waals surface area contributed by atoms with E-state index in [4.69, 9.17) is 11.6 Å². The lowest BCUT2D eigenvalue weighted by molar-refractivity contribution is -0.307. The number of carbonyl (C=O) groups is 1. The molecule has 0 aromatic carbocycles. The highest BCUT2D eigenvalue weighted by Gasteiger charge is 2.59. The van der Waals surface area contributed by atoms with Gasteiger partial charge in [-0.15, -0.1) is 0 Å². The Morgan fingerprint density at radius 3 is 2.05 bits per heavy atom. The van der Waals surface area contributed by atoms with E-state index in [9.17, 15) is 31.1 Å². The summed E-state index contributed by atoms with van der Waals surface area (Å²) in [6, 6.07) is 1.91. The lowest BCUT2D eigenvalue weighted by atomic mass is 10.3. The Morgan fingerprint density at radius 2 is 1.68 bits per heavy atom. The van der Waals surface area contributed by atoms with E-state index in [0.29, 0.717) is 6.20 Å². The van der Waals surface area contributed by atoms with Crippen molar-refractivity contribution in [3.63, 3.8) is 0 Å². The summed E-state index contributed by atoms with van der Waals surface area (Å²) in [4.78, 5) is 14.5. The predicted molar refractivity (Wildman–Crippen MR) is 50.6 cm³/mol. The van der Waals surface area contributed by atoms with Gasteiger partial charge in [-0.25, -0.2) is 9.78 Å². The van der Waals surface area contributed by atoms with Crippen molar-refractivity contribution in [3.05, 3.63) is 29.0 Å². The smallest absolute Gasteiger partial charge is 0.434 e. The van der Waals surface area contributed by atoms with Gasteiger partial charge in [0.05, 0.1) is 5.56 Å². The molecule has 0 fully saturated rings. The van der Waals surface area contributed by atoms with Crippen molar-refractivity contribution >= 4 is 17.6 Å². The van der Waals surface area contributed by atoms with E-state index >= 15 is 0 Å². The van der Waals surface area contributed by atoms with Crippen LogP contribution in [0.5, 0.6) is 0 Å². The van der Waals surface area contributed by atoms with Gasteiger partial charge in [0.25, 0.3) is 6.10 Å². The van der Waals surface area contributed by atoms with E-state index in [-0.39, 0.29) is 5.15 Å². The minimum Gasteiger partial charge on any atom is -0.439 e. The first kappa shape index (κ1) is 15.5.